The SMILES string of the molecule is CN1CCc2cccc3c2C1Cc1ccc(O[Si](c2ccccc2)(c2ccccc2)C(C)(C)C)c(O)c1-3. The summed E-state index contributed by atoms with van der Waals surface area (Å²) in [5, 5.41) is 14.1. The first kappa shape index (κ1) is 24.0. The molecular weight excluding hydrogens is 470 g/mol. The van der Waals surface area contributed by atoms with Crippen LogP contribution in [0.25, 0.3) is 11.1 Å². The molecule has 4 aromatic rings. The van der Waals surface area contributed by atoms with Crippen LogP contribution in [0.4, 0.5) is 0 Å². The number of aromatic hydroxyl groups is 1. The first-order valence-corrected chi connectivity index (χ1v) is 15.2. The number of hydrogen-bond acceptors (Lipinski definition) is 3. The molecular formula is C33H35NO2Si. The van der Waals surface area contributed by atoms with Gasteiger partial charge in [-0.25, -0.2) is 0 Å². The number of fused-ring (bicyclic) bond motifs is 2. The van der Waals surface area contributed by atoms with Gasteiger partial charge in [-0.3, -0.25) is 4.90 Å². The minimum atomic E-state index is -2.86. The lowest BCUT2D eigenvalue weighted by atomic mass is 9.77. The highest BCUT2D eigenvalue weighted by Gasteiger charge is 2.52. The number of nitrogens with zero attached hydrogens (tertiary/aromatic N) is 1. The molecule has 1 N–H and O–H groups in total. The Morgan fingerprint density at radius 3 is 2.08 bits per heavy atom. The summed E-state index contributed by atoms with van der Waals surface area (Å²) in [7, 11) is -0.640. The Labute approximate surface area is 221 Å². The molecule has 0 amide bonds. The second kappa shape index (κ2) is 8.90. The lowest BCUT2D eigenvalue weighted by molar-refractivity contribution is 0.228. The van der Waals surface area contributed by atoms with E-state index >= 15 is 0 Å². The third-order valence-corrected chi connectivity index (χ3v) is 13.3. The van der Waals surface area contributed by atoms with E-state index in [1.165, 1.54) is 27.1 Å². The zero-order valence-electron chi connectivity index (χ0n) is 22.2. The standard InChI is InChI=1S/C33H35NO2Si/c1-33(2,3)37(25-13-7-5-8-14-25,26-15-9-6-10-16-26)36-29-19-18-24-22-28-30-23(20-21-34(28)4)12-11-17-27(30)31(24)32(29)35/h5-19,28,35H,20-22H2,1-4H3. The van der Waals surface area contributed by atoms with Gasteiger partial charge in [0.05, 0.1) is 0 Å². The van der Waals surface area contributed by atoms with Crippen molar-refractivity contribution in [2.24, 2.45) is 0 Å². The van der Waals surface area contributed by atoms with Crippen molar-refractivity contribution in [3.63, 3.8) is 0 Å². The molecule has 0 saturated carbocycles. The van der Waals surface area contributed by atoms with E-state index in [-0.39, 0.29) is 10.8 Å². The summed E-state index contributed by atoms with van der Waals surface area (Å²) in [5.74, 6) is 0.846. The van der Waals surface area contributed by atoms with E-state index in [1.807, 2.05) is 6.07 Å². The molecule has 0 spiro atoms. The monoisotopic (exact) mass is 505 g/mol. The Bertz CT molecular complexity index is 1400. The highest BCUT2D eigenvalue weighted by atomic mass is 28.4. The van der Waals surface area contributed by atoms with Gasteiger partial charge in [-0.05, 0) is 63.6 Å². The van der Waals surface area contributed by atoms with Crippen molar-refractivity contribution in [2.45, 2.75) is 44.7 Å². The summed E-state index contributed by atoms with van der Waals surface area (Å²) in [6.07, 6.45) is 1.95. The van der Waals surface area contributed by atoms with Gasteiger partial charge < -0.3 is 9.53 Å². The third kappa shape index (κ3) is 3.73. The predicted octanol–water partition coefficient (Wildman–Crippen LogP) is 6.08. The molecule has 4 heteroatoms. The molecule has 2 aliphatic rings. The predicted molar refractivity (Wildman–Crippen MR) is 155 cm³/mol. The quantitative estimate of drug-likeness (QED) is 0.341. The number of benzene rings is 4. The van der Waals surface area contributed by atoms with Crippen molar-refractivity contribution in [3.8, 4) is 22.6 Å². The second-order valence-electron chi connectivity index (χ2n) is 11.5. The van der Waals surface area contributed by atoms with Gasteiger partial charge in [0.15, 0.2) is 5.75 Å². The van der Waals surface area contributed by atoms with Crippen LogP contribution in [0.2, 0.25) is 5.04 Å². The van der Waals surface area contributed by atoms with Crippen molar-refractivity contribution in [1.82, 2.24) is 4.90 Å². The fraction of sp³-hybridized carbons (Fsp3) is 0.273. The van der Waals surface area contributed by atoms with E-state index in [0.29, 0.717) is 11.8 Å². The molecule has 0 bridgehead atoms. The maximum Gasteiger partial charge on any atom is 0.320 e. The normalized spacial score (nSPS) is 17.1. The molecule has 1 atom stereocenters. The molecule has 188 valence electrons. The van der Waals surface area contributed by atoms with Crippen LogP contribution >= 0.6 is 0 Å². The van der Waals surface area contributed by atoms with Crippen molar-refractivity contribution in [2.75, 3.05) is 13.6 Å². The summed E-state index contributed by atoms with van der Waals surface area (Å²) in [5.41, 5.74) is 6.07. The average molecular weight is 506 g/mol. The number of rotatable bonds is 4. The lowest BCUT2D eigenvalue weighted by Gasteiger charge is -2.43. The van der Waals surface area contributed by atoms with Gasteiger partial charge in [0, 0.05) is 18.2 Å². The highest BCUT2D eigenvalue weighted by Crippen LogP contribution is 2.51. The first-order valence-electron chi connectivity index (χ1n) is 13.3. The van der Waals surface area contributed by atoms with E-state index in [1.54, 1.807) is 0 Å². The van der Waals surface area contributed by atoms with Gasteiger partial charge in [-0.2, -0.15) is 0 Å². The number of phenols is 1. The van der Waals surface area contributed by atoms with Gasteiger partial charge in [0.25, 0.3) is 0 Å². The molecule has 4 aromatic carbocycles. The van der Waals surface area contributed by atoms with E-state index in [0.717, 1.165) is 30.5 Å². The van der Waals surface area contributed by atoms with E-state index in [4.69, 9.17) is 4.43 Å². The smallest absolute Gasteiger partial charge is 0.320 e. The molecule has 0 aromatic heterocycles. The summed E-state index contributed by atoms with van der Waals surface area (Å²) >= 11 is 0. The van der Waals surface area contributed by atoms with E-state index in [9.17, 15) is 5.11 Å². The van der Waals surface area contributed by atoms with Crippen LogP contribution < -0.4 is 14.8 Å². The minimum Gasteiger partial charge on any atom is -0.531 e. The second-order valence-corrected chi connectivity index (χ2v) is 15.8. The highest BCUT2D eigenvalue weighted by molar-refractivity contribution is 7.00. The minimum absolute atomic E-state index is 0.183. The molecule has 37 heavy (non-hydrogen) atoms. The third-order valence-electron chi connectivity index (χ3n) is 8.39. The van der Waals surface area contributed by atoms with Crippen LogP contribution in [0.15, 0.2) is 91.0 Å². The molecule has 6 rings (SSSR count). The molecule has 1 aliphatic carbocycles. The fourth-order valence-electron chi connectivity index (χ4n) is 6.56. The largest absolute Gasteiger partial charge is 0.531 e. The molecule has 1 unspecified atom stereocenters. The van der Waals surface area contributed by atoms with Gasteiger partial charge in [-0.1, -0.05) is 106 Å². The van der Waals surface area contributed by atoms with Crippen LogP contribution in [-0.4, -0.2) is 31.9 Å². The molecule has 0 radical (unpaired) electrons. The number of phenolic OH excluding ortho intramolecular Hbond substituents is 1. The van der Waals surface area contributed by atoms with Crippen LogP contribution in [0.3, 0.4) is 0 Å². The van der Waals surface area contributed by atoms with Crippen LogP contribution in [0, 0.1) is 0 Å². The summed E-state index contributed by atoms with van der Waals surface area (Å²) in [6, 6.07) is 32.3. The van der Waals surface area contributed by atoms with Crippen molar-refractivity contribution < 1.29 is 9.53 Å². The molecule has 0 saturated heterocycles. The summed E-state index contributed by atoms with van der Waals surface area (Å²) < 4.78 is 7.25. The van der Waals surface area contributed by atoms with Gasteiger partial charge in [-0.15, -0.1) is 0 Å². The molecule has 3 nitrogen and oxygen atoms in total. The van der Waals surface area contributed by atoms with Crippen LogP contribution in [0.1, 0.15) is 43.5 Å². The Kier molecular flexibility index (Phi) is 5.77. The summed E-state index contributed by atoms with van der Waals surface area (Å²) in [6.45, 7) is 7.87. The van der Waals surface area contributed by atoms with E-state index in [2.05, 4.69) is 118 Å². The Morgan fingerprint density at radius 1 is 0.811 bits per heavy atom. The first-order chi connectivity index (χ1) is 17.8. The maximum absolute atomic E-state index is 11.9. The lowest BCUT2D eigenvalue weighted by Crippen LogP contribution is -2.68. The number of likely N-dealkylation sites (N-methyl/N-ethyl adjacent to an activating group) is 1. The maximum atomic E-state index is 11.9. The molecule has 0 fully saturated rings. The topological polar surface area (TPSA) is 32.7 Å². The van der Waals surface area contributed by atoms with Crippen LogP contribution in [0.5, 0.6) is 11.5 Å². The van der Waals surface area contributed by atoms with Crippen LogP contribution in [-0.2, 0) is 12.8 Å². The zero-order chi connectivity index (χ0) is 25.8. The Hall–Kier alpha value is -3.34. The number of hydrogen-bond donors (Lipinski definition) is 1. The molecule has 1 heterocycles. The average Bonchev–Trinajstić information content (AvgIpc) is 2.90. The van der Waals surface area contributed by atoms with Gasteiger partial charge in [0.1, 0.15) is 5.75 Å². The zero-order valence-corrected chi connectivity index (χ0v) is 23.2. The van der Waals surface area contributed by atoms with Crippen molar-refractivity contribution >= 4 is 18.7 Å². The van der Waals surface area contributed by atoms with Crippen molar-refractivity contribution in [1.29, 1.82) is 0 Å². The van der Waals surface area contributed by atoms with Gasteiger partial charge in [0.2, 0.25) is 0 Å². The van der Waals surface area contributed by atoms with Gasteiger partial charge >= 0.3 is 8.32 Å². The molecule has 1 aliphatic heterocycles. The Balaban J connectivity index is 1.55. The van der Waals surface area contributed by atoms with E-state index < -0.39 is 8.32 Å². The summed E-state index contributed by atoms with van der Waals surface area (Å²) in [4.78, 5) is 2.46. The van der Waals surface area contributed by atoms with Crippen molar-refractivity contribution in [3.05, 3.63) is 108 Å². The fourth-order valence-corrected chi connectivity index (χ4v) is 11.0. The Morgan fingerprint density at radius 2 is 1.46 bits per heavy atom.